The normalized spacial score (nSPS) is 14.4. The lowest BCUT2D eigenvalue weighted by Crippen LogP contribution is -2.22. The molecule has 1 atom stereocenters. The molecule has 0 rings (SSSR count). The third kappa shape index (κ3) is 21.1. The smallest absolute Gasteiger partial charge is 0.348 e. The molecule has 0 aliphatic rings. The predicted octanol–water partition coefficient (Wildman–Crippen LogP) is 7.22. The summed E-state index contributed by atoms with van der Waals surface area (Å²) in [5.74, 6) is 0.972. The van der Waals surface area contributed by atoms with Crippen molar-refractivity contribution in [1.82, 2.24) is 0 Å². The summed E-state index contributed by atoms with van der Waals surface area (Å²) >= 11 is 0. The Hall–Kier alpha value is -0.190. The summed E-state index contributed by atoms with van der Waals surface area (Å²) in [5, 5.41) is 0. The summed E-state index contributed by atoms with van der Waals surface area (Å²) in [6.07, 6.45) is 21.1. The first-order chi connectivity index (χ1) is 14.3. The van der Waals surface area contributed by atoms with Crippen molar-refractivity contribution in [2.45, 2.75) is 110 Å². The van der Waals surface area contributed by atoms with Gasteiger partial charge in [0.2, 0.25) is 0 Å². The van der Waals surface area contributed by atoms with E-state index in [1.165, 1.54) is 83.5 Å². The van der Waals surface area contributed by atoms with E-state index in [4.69, 9.17) is 19.3 Å². The Morgan fingerprint density at radius 2 is 1.27 bits per heavy atom. The molecule has 0 aliphatic carbocycles. The molecule has 0 bridgehead atoms. The number of hydrogen-bond donors (Lipinski definition) is 2. The number of ether oxygens (including phenoxy) is 2. The van der Waals surface area contributed by atoms with Crippen molar-refractivity contribution in [2.75, 3.05) is 26.9 Å². The maximum atomic E-state index is 11.1. The molecule has 180 valence electrons. The van der Waals surface area contributed by atoms with Crippen LogP contribution in [0.25, 0.3) is 0 Å². The fraction of sp³-hybridized carbons (Fsp3) is 0.917. The first-order valence-corrected chi connectivity index (χ1v) is 13.8. The minimum absolute atomic E-state index is 0.408. The zero-order valence-corrected chi connectivity index (χ0v) is 20.8. The summed E-state index contributed by atoms with van der Waals surface area (Å²) in [5.41, 5.74) is -0.425. The Bertz CT molecular complexity index is 449. The molecule has 0 heterocycles. The highest BCUT2D eigenvalue weighted by atomic mass is 31.2. The lowest BCUT2D eigenvalue weighted by molar-refractivity contribution is 0.0687. The van der Waals surface area contributed by atoms with Gasteiger partial charge in [-0.15, -0.1) is 0 Å². The standard InChI is InChI=1S/C24H49O5P/c1-4-5-6-7-8-9-10-11-12-13-14-15-16-17-20-29-21-18-24(2,23-28-3)19-22-30(25,26)27/h19,22H,4-18,20-21,23H2,1-3H3,(H2,25,26,27)/b22-19+/t24-/m0/s1. The molecule has 0 unspecified atom stereocenters. The minimum Gasteiger partial charge on any atom is -0.384 e. The summed E-state index contributed by atoms with van der Waals surface area (Å²) in [7, 11) is -2.54. The van der Waals surface area contributed by atoms with Crippen molar-refractivity contribution in [3.8, 4) is 0 Å². The van der Waals surface area contributed by atoms with Crippen LogP contribution < -0.4 is 0 Å². The van der Waals surface area contributed by atoms with Crippen molar-refractivity contribution in [3.63, 3.8) is 0 Å². The van der Waals surface area contributed by atoms with E-state index >= 15 is 0 Å². The van der Waals surface area contributed by atoms with Gasteiger partial charge in [-0.1, -0.05) is 103 Å². The molecule has 0 spiro atoms. The van der Waals surface area contributed by atoms with E-state index < -0.39 is 13.0 Å². The molecule has 0 fully saturated rings. The summed E-state index contributed by atoms with van der Waals surface area (Å²) in [4.78, 5) is 18.0. The second kappa shape index (κ2) is 19.5. The van der Waals surface area contributed by atoms with Gasteiger partial charge in [0.05, 0.1) is 6.61 Å². The Labute approximate surface area is 186 Å². The molecule has 0 aliphatic heterocycles. The van der Waals surface area contributed by atoms with Crippen LogP contribution in [0.3, 0.4) is 0 Å². The van der Waals surface area contributed by atoms with Crippen LogP contribution in [0.5, 0.6) is 0 Å². The van der Waals surface area contributed by atoms with E-state index in [0.717, 1.165) is 18.8 Å². The predicted molar refractivity (Wildman–Crippen MR) is 127 cm³/mol. The zero-order chi connectivity index (χ0) is 22.6. The lowest BCUT2D eigenvalue weighted by atomic mass is 9.88. The first kappa shape index (κ1) is 29.8. The SMILES string of the molecule is CCCCCCCCCCCCCCCCOCC[C@@](C)(/C=C/P(=O)(O)O)COC. The average molecular weight is 449 g/mol. The highest BCUT2D eigenvalue weighted by Gasteiger charge is 2.22. The molecule has 0 radical (unpaired) electrons. The monoisotopic (exact) mass is 448 g/mol. The number of methoxy groups -OCH3 is 1. The van der Waals surface area contributed by atoms with Gasteiger partial charge in [-0.05, 0) is 12.8 Å². The van der Waals surface area contributed by atoms with Crippen LogP contribution in [0, 0.1) is 5.41 Å². The Morgan fingerprint density at radius 3 is 1.70 bits per heavy atom. The van der Waals surface area contributed by atoms with Crippen LogP contribution in [0.2, 0.25) is 0 Å². The van der Waals surface area contributed by atoms with Gasteiger partial charge in [0.1, 0.15) is 0 Å². The molecule has 5 nitrogen and oxygen atoms in total. The second-order valence-electron chi connectivity index (χ2n) is 8.95. The molecule has 2 N–H and O–H groups in total. The average Bonchev–Trinajstić information content (AvgIpc) is 2.69. The highest BCUT2D eigenvalue weighted by molar-refractivity contribution is 7.55. The van der Waals surface area contributed by atoms with Crippen LogP contribution in [0.1, 0.15) is 110 Å². The second-order valence-corrected chi connectivity index (χ2v) is 10.4. The van der Waals surface area contributed by atoms with E-state index in [1.807, 2.05) is 6.92 Å². The number of hydrogen-bond acceptors (Lipinski definition) is 3. The van der Waals surface area contributed by atoms with E-state index in [2.05, 4.69) is 6.92 Å². The largest absolute Gasteiger partial charge is 0.384 e. The fourth-order valence-electron chi connectivity index (χ4n) is 3.62. The maximum absolute atomic E-state index is 11.1. The molecule has 0 aromatic heterocycles. The highest BCUT2D eigenvalue weighted by Crippen LogP contribution is 2.38. The molecule has 0 amide bonds. The molecule has 30 heavy (non-hydrogen) atoms. The van der Waals surface area contributed by atoms with Crippen molar-refractivity contribution in [2.24, 2.45) is 5.41 Å². The van der Waals surface area contributed by atoms with E-state index in [-0.39, 0.29) is 0 Å². The zero-order valence-electron chi connectivity index (χ0n) is 19.9. The minimum atomic E-state index is -4.14. The van der Waals surface area contributed by atoms with Gasteiger partial charge in [-0.2, -0.15) is 0 Å². The molecule has 0 aromatic carbocycles. The van der Waals surface area contributed by atoms with E-state index in [9.17, 15) is 4.57 Å². The van der Waals surface area contributed by atoms with Crippen LogP contribution >= 0.6 is 7.60 Å². The first-order valence-electron chi connectivity index (χ1n) is 12.2. The Kier molecular flexibility index (Phi) is 19.4. The fourth-order valence-corrected chi connectivity index (χ4v) is 4.17. The van der Waals surface area contributed by atoms with Crippen molar-refractivity contribution in [1.29, 1.82) is 0 Å². The van der Waals surface area contributed by atoms with Crippen LogP contribution in [-0.2, 0) is 14.0 Å². The van der Waals surface area contributed by atoms with Crippen LogP contribution in [0.4, 0.5) is 0 Å². The summed E-state index contributed by atoms with van der Waals surface area (Å²) < 4.78 is 22.0. The Balaban J connectivity index is 3.52. The third-order valence-electron chi connectivity index (χ3n) is 5.60. The molecule has 0 aromatic rings. The van der Waals surface area contributed by atoms with E-state index in [1.54, 1.807) is 13.2 Å². The molecule has 6 heteroatoms. The number of unbranched alkanes of at least 4 members (excludes halogenated alkanes) is 13. The van der Waals surface area contributed by atoms with Crippen molar-refractivity contribution in [3.05, 3.63) is 11.9 Å². The topological polar surface area (TPSA) is 76.0 Å². The van der Waals surface area contributed by atoms with Crippen LogP contribution in [-0.4, -0.2) is 36.7 Å². The van der Waals surface area contributed by atoms with Gasteiger partial charge in [-0.3, -0.25) is 4.57 Å². The van der Waals surface area contributed by atoms with Crippen molar-refractivity contribution >= 4 is 7.60 Å². The number of rotatable bonds is 22. The molecular weight excluding hydrogens is 399 g/mol. The van der Waals surface area contributed by atoms with Crippen molar-refractivity contribution < 1.29 is 23.8 Å². The molecular formula is C24H49O5P. The van der Waals surface area contributed by atoms with Gasteiger partial charge in [0.25, 0.3) is 0 Å². The van der Waals surface area contributed by atoms with Gasteiger partial charge in [0, 0.05) is 31.6 Å². The maximum Gasteiger partial charge on any atom is 0.348 e. The summed E-state index contributed by atoms with van der Waals surface area (Å²) in [6, 6.07) is 0. The third-order valence-corrected chi connectivity index (χ3v) is 6.14. The lowest BCUT2D eigenvalue weighted by Gasteiger charge is -2.25. The van der Waals surface area contributed by atoms with Gasteiger partial charge >= 0.3 is 7.60 Å². The van der Waals surface area contributed by atoms with Gasteiger partial charge in [0.15, 0.2) is 0 Å². The van der Waals surface area contributed by atoms with Crippen LogP contribution in [0.15, 0.2) is 11.9 Å². The molecule has 0 saturated carbocycles. The quantitative estimate of drug-likeness (QED) is 0.135. The van der Waals surface area contributed by atoms with Gasteiger partial charge in [-0.25, -0.2) is 0 Å². The van der Waals surface area contributed by atoms with E-state index in [0.29, 0.717) is 19.6 Å². The Morgan fingerprint density at radius 1 is 0.800 bits per heavy atom. The molecule has 0 saturated heterocycles. The van der Waals surface area contributed by atoms with Gasteiger partial charge < -0.3 is 19.3 Å². The summed E-state index contributed by atoms with van der Waals surface area (Å²) in [6.45, 7) is 5.93.